The lowest BCUT2D eigenvalue weighted by Crippen LogP contribution is -2.08. The monoisotopic (exact) mass is 190 g/mol. The second kappa shape index (κ2) is 4.87. The third kappa shape index (κ3) is 3.15. The van der Waals surface area contributed by atoms with E-state index in [9.17, 15) is 4.79 Å². The highest BCUT2D eigenvalue weighted by molar-refractivity contribution is 5.76. The minimum absolute atomic E-state index is 0.0528. The number of nitrogens with zero attached hydrogens (tertiary/aromatic N) is 1. The van der Waals surface area contributed by atoms with Crippen LogP contribution in [-0.4, -0.2) is 18.0 Å². The van der Waals surface area contributed by atoms with Gasteiger partial charge in [-0.1, -0.05) is 11.8 Å². The highest BCUT2D eigenvalue weighted by Gasteiger charge is 1.92. The van der Waals surface area contributed by atoms with E-state index < -0.39 is 5.91 Å². The van der Waals surface area contributed by atoms with Gasteiger partial charge in [0.1, 0.15) is 5.75 Å². The van der Waals surface area contributed by atoms with Gasteiger partial charge in [-0.25, -0.2) is 0 Å². The fourth-order valence-corrected chi connectivity index (χ4v) is 0.832. The zero-order chi connectivity index (χ0) is 10.4. The van der Waals surface area contributed by atoms with Crippen LogP contribution in [0.25, 0.3) is 0 Å². The predicted molar refractivity (Wildman–Crippen MR) is 51.5 cm³/mol. The van der Waals surface area contributed by atoms with Crippen molar-refractivity contribution >= 4 is 5.91 Å². The van der Waals surface area contributed by atoms with Gasteiger partial charge in [0.25, 0.3) is 0 Å². The lowest BCUT2D eigenvalue weighted by molar-refractivity contribution is -0.117. The average Bonchev–Trinajstić information content (AvgIpc) is 2.18. The van der Waals surface area contributed by atoms with Gasteiger partial charge in [0, 0.05) is 11.8 Å². The number of amides is 1. The van der Waals surface area contributed by atoms with Gasteiger partial charge in [-0.3, -0.25) is 9.78 Å². The van der Waals surface area contributed by atoms with Gasteiger partial charge >= 0.3 is 0 Å². The summed E-state index contributed by atoms with van der Waals surface area (Å²) in [6, 6.07) is 1.74. The van der Waals surface area contributed by atoms with Crippen LogP contribution < -0.4 is 10.5 Å². The summed E-state index contributed by atoms with van der Waals surface area (Å²) in [4.78, 5) is 14.3. The normalized spacial score (nSPS) is 8.64. The molecule has 0 bridgehead atoms. The molecule has 2 N–H and O–H groups in total. The molecule has 0 aromatic carbocycles. The van der Waals surface area contributed by atoms with Crippen molar-refractivity contribution in [3.05, 3.63) is 24.0 Å². The molecule has 1 aromatic heterocycles. The molecule has 1 aromatic rings. The number of ether oxygens (including phenoxy) is 1. The maximum Gasteiger partial charge on any atom is 0.229 e. The van der Waals surface area contributed by atoms with Gasteiger partial charge in [-0.05, 0) is 6.07 Å². The van der Waals surface area contributed by atoms with Crippen molar-refractivity contribution in [2.24, 2.45) is 5.73 Å². The first-order valence-corrected chi connectivity index (χ1v) is 3.98. The van der Waals surface area contributed by atoms with Crippen molar-refractivity contribution in [1.82, 2.24) is 4.98 Å². The highest BCUT2D eigenvalue weighted by atomic mass is 16.5. The van der Waals surface area contributed by atoms with Gasteiger partial charge in [0.15, 0.2) is 0 Å². The molecule has 0 aliphatic heterocycles. The third-order valence-electron chi connectivity index (χ3n) is 1.44. The molecule has 0 radical (unpaired) electrons. The number of nitrogens with two attached hydrogens (primary N) is 1. The van der Waals surface area contributed by atoms with Crippen LogP contribution in [0.4, 0.5) is 0 Å². The summed E-state index contributed by atoms with van der Waals surface area (Å²) < 4.78 is 4.96. The lowest BCUT2D eigenvalue weighted by atomic mass is 10.2. The molecule has 0 aliphatic rings. The Bertz CT molecular complexity index is 391. The fourth-order valence-electron chi connectivity index (χ4n) is 0.832. The summed E-state index contributed by atoms with van der Waals surface area (Å²) in [6.45, 7) is 0. The Labute approximate surface area is 82.1 Å². The number of hydrogen-bond donors (Lipinski definition) is 1. The molecule has 0 spiro atoms. The number of aromatic nitrogens is 1. The van der Waals surface area contributed by atoms with E-state index in [4.69, 9.17) is 10.5 Å². The first-order chi connectivity index (χ1) is 6.72. The Morgan fingerprint density at radius 3 is 3.07 bits per heavy atom. The second-order valence-electron chi connectivity index (χ2n) is 2.56. The van der Waals surface area contributed by atoms with Gasteiger partial charge in [0.2, 0.25) is 5.91 Å². The number of methoxy groups -OCH3 is 1. The van der Waals surface area contributed by atoms with E-state index in [1.165, 1.54) is 0 Å². The Balaban J connectivity index is 2.74. The Hall–Kier alpha value is -2.02. The molecule has 1 amide bonds. The predicted octanol–water partition coefficient (Wildman–Crippen LogP) is 0.317. The fraction of sp³-hybridized carbons (Fsp3) is 0.200. The first-order valence-electron chi connectivity index (χ1n) is 3.98. The van der Waals surface area contributed by atoms with Gasteiger partial charge in [-0.15, -0.1) is 0 Å². The molecule has 72 valence electrons. The molecule has 0 saturated carbocycles. The summed E-state index contributed by atoms with van der Waals surface area (Å²) in [7, 11) is 1.55. The van der Waals surface area contributed by atoms with E-state index in [1.807, 2.05) is 0 Å². The van der Waals surface area contributed by atoms with Crippen molar-refractivity contribution in [3.8, 4) is 17.6 Å². The van der Waals surface area contributed by atoms with E-state index in [0.29, 0.717) is 11.3 Å². The molecular weight excluding hydrogens is 180 g/mol. The van der Waals surface area contributed by atoms with E-state index in [2.05, 4.69) is 16.8 Å². The minimum Gasteiger partial charge on any atom is -0.495 e. The standard InChI is InChI=1S/C10H10N2O2/c1-14-9-5-8(6-12-7-9)3-2-4-10(11)13/h5-7H,4H2,1H3,(H2,11,13). The van der Waals surface area contributed by atoms with Crippen molar-refractivity contribution in [2.75, 3.05) is 7.11 Å². The largest absolute Gasteiger partial charge is 0.495 e. The average molecular weight is 190 g/mol. The number of primary amides is 1. The summed E-state index contributed by atoms with van der Waals surface area (Å²) in [5.41, 5.74) is 5.63. The first kappa shape index (κ1) is 10.1. The maximum atomic E-state index is 10.4. The van der Waals surface area contributed by atoms with Crippen LogP contribution in [0.15, 0.2) is 18.5 Å². The zero-order valence-electron chi connectivity index (χ0n) is 7.78. The van der Waals surface area contributed by atoms with Crippen LogP contribution >= 0.6 is 0 Å². The number of carbonyl (C=O) groups excluding carboxylic acids is 1. The van der Waals surface area contributed by atoms with E-state index in [0.717, 1.165) is 0 Å². The second-order valence-corrected chi connectivity index (χ2v) is 2.56. The van der Waals surface area contributed by atoms with E-state index in [-0.39, 0.29) is 6.42 Å². The van der Waals surface area contributed by atoms with E-state index >= 15 is 0 Å². The molecule has 1 rings (SSSR count). The number of rotatable bonds is 2. The quantitative estimate of drug-likeness (QED) is 0.683. The van der Waals surface area contributed by atoms with Gasteiger partial charge < -0.3 is 10.5 Å². The molecule has 4 heteroatoms. The molecule has 0 unspecified atom stereocenters. The minimum atomic E-state index is -0.437. The molecule has 0 fully saturated rings. The summed E-state index contributed by atoms with van der Waals surface area (Å²) in [6.07, 6.45) is 3.23. The van der Waals surface area contributed by atoms with Crippen LogP contribution in [-0.2, 0) is 4.79 Å². The molecule has 14 heavy (non-hydrogen) atoms. The maximum absolute atomic E-state index is 10.4. The molecule has 4 nitrogen and oxygen atoms in total. The van der Waals surface area contributed by atoms with Crippen molar-refractivity contribution in [3.63, 3.8) is 0 Å². The van der Waals surface area contributed by atoms with Gasteiger partial charge in [0.05, 0.1) is 19.7 Å². The molecule has 0 aliphatic carbocycles. The van der Waals surface area contributed by atoms with Crippen molar-refractivity contribution < 1.29 is 9.53 Å². The number of hydrogen-bond acceptors (Lipinski definition) is 3. The zero-order valence-corrected chi connectivity index (χ0v) is 7.78. The Kier molecular flexibility index (Phi) is 3.50. The Morgan fingerprint density at radius 2 is 2.43 bits per heavy atom. The van der Waals surface area contributed by atoms with Crippen LogP contribution in [0, 0.1) is 11.8 Å². The summed E-state index contributed by atoms with van der Waals surface area (Å²) in [5.74, 6) is 5.59. The smallest absolute Gasteiger partial charge is 0.229 e. The lowest BCUT2D eigenvalue weighted by Gasteiger charge is -1.97. The van der Waals surface area contributed by atoms with Crippen molar-refractivity contribution in [1.29, 1.82) is 0 Å². The molecule has 0 atom stereocenters. The van der Waals surface area contributed by atoms with E-state index in [1.54, 1.807) is 25.6 Å². The van der Waals surface area contributed by atoms with Crippen LogP contribution in [0.3, 0.4) is 0 Å². The summed E-state index contributed by atoms with van der Waals surface area (Å²) in [5, 5.41) is 0. The van der Waals surface area contributed by atoms with Crippen molar-refractivity contribution in [2.45, 2.75) is 6.42 Å². The van der Waals surface area contributed by atoms with Crippen LogP contribution in [0.2, 0.25) is 0 Å². The van der Waals surface area contributed by atoms with Crippen LogP contribution in [0.5, 0.6) is 5.75 Å². The van der Waals surface area contributed by atoms with Crippen LogP contribution in [0.1, 0.15) is 12.0 Å². The molecule has 1 heterocycles. The third-order valence-corrected chi connectivity index (χ3v) is 1.44. The number of pyridine rings is 1. The molecule has 0 saturated heterocycles. The molecular formula is C10H10N2O2. The summed E-state index contributed by atoms with van der Waals surface area (Å²) >= 11 is 0. The Morgan fingerprint density at radius 1 is 1.64 bits per heavy atom. The van der Waals surface area contributed by atoms with Gasteiger partial charge in [-0.2, -0.15) is 0 Å². The number of carbonyl (C=O) groups is 1. The topological polar surface area (TPSA) is 65.2 Å². The highest BCUT2D eigenvalue weighted by Crippen LogP contribution is 2.08. The SMILES string of the molecule is COc1cncc(C#CCC(N)=O)c1.